The predicted octanol–water partition coefficient (Wildman–Crippen LogP) is 2.63. The highest BCUT2D eigenvalue weighted by Crippen LogP contribution is 2.27. The summed E-state index contributed by atoms with van der Waals surface area (Å²) in [5.41, 5.74) is 1.79. The summed E-state index contributed by atoms with van der Waals surface area (Å²) in [6.45, 7) is 2.93. The molecular weight excluding hydrogens is 176 g/mol. The van der Waals surface area contributed by atoms with Crippen molar-refractivity contribution in [2.24, 2.45) is 4.99 Å². The average Bonchev–Trinajstić information content (AvgIpc) is 2.58. The summed E-state index contributed by atoms with van der Waals surface area (Å²) < 4.78 is 2.06. The minimum Gasteiger partial charge on any atom is -0.345 e. The average molecular weight is 186 g/mol. The quantitative estimate of drug-likeness (QED) is 0.524. The Morgan fingerprint density at radius 1 is 1.43 bits per heavy atom. The number of aromatic nitrogens is 1. The van der Waals surface area contributed by atoms with Crippen molar-refractivity contribution in [3.05, 3.63) is 30.5 Å². The number of aliphatic imine (C=N–C) groups is 1. The Bertz CT molecular complexity index is 507. The Hall–Kier alpha value is -1.86. The summed E-state index contributed by atoms with van der Waals surface area (Å²) >= 11 is 0. The molecule has 0 bridgehead atoms. The fraction of sp³-hybridized carbons (Fsp3) is 0.182. The molecule has 0 fully saturated rings. The van der Waals surface area contributed by atoms with Gasteiger partial charge in [0.1, 0.15) is 5.69 Å². The highest BCUT2D eigenvalue weighted by molar-refractivity contribution is 5.92. The van der Waals surface area contributed by atoms with Gasteiger partial charge in [0.15, 0.2) is 0 Å². The smallest absolute Gasteiger partial charge is 0.240 e. The van der Waals surface area contributed by atoms with Crippen LogP contribution in [0.2, 0.25) is 0 Å². The lowest BCUT2D eigenvalue weighted by Gasteiger charge is -1.97. The molecule has 0 atom stereocenters. The third kappa shape index (κ3) is 1.24. The van der Waals surface area contributed by atoms with Gasteiger partial charge >= 0.3 is 0 Å². The standard InChI is InChI=1S/C11H10N2O/c1-2-13-7-10(12-8-14)9-5-3-4-6-11(9)13/h3-7H,2H2,1H3. The van der Waals surface area contributed by atoms with Crippen LogP contribution in [0.5, 0.6) is 0 Å². The van der Waals surface area contributed by atoms with Gasteiger partial charge in [-0.15, -0.1) is 0 Å². The molecule has 70 valence electrons. The van der Waals surface area contributed by atoms with Gasteiger partial charge in [-0.1, -0.05) is 18.2 Å². The lowest BCUT2D eigenvalue weighted by molar-refractivity contribution is 0.565. The number of carbonyl (C=O) groups excluding carboxylic acids is 1. The van der Waals surface area contributed by atoms with Crippen molar-refractivity contribution in [3.8, 4) is 0 Å². The van der Waals surface area contributed by atoms with Gasteiger partial charge in [-0.2, -0.15) is 4.99 Å². The number of hydrogen-bond donors (Lipinski definition) is 0. The van der Waals surface area contributed by atoms with E-state index in [1.807, 2.05) is 30.5 Å². The Kier molecular flexibility index (Phi) is 2.17. The summed E-state index contributed by atoms with van der Waals surface area (Å²) in [5, 5.41) is 0.998. The van der Waals surface area contributed by atoms with Crippen LogP contribution in [0.4, 0.5) is 5.69 Å². The lowest BCUT2D eigenvalue weighted by atomic mass is 10.2. The third-order valence-corrected chi connectivity index (χ3v) is 2.27. The first-order valence-electron chi connectivity index (χ1n) is 4.52. The summed E-state index contributed by atoms with van der Waals surface area (Å²) in [5.74, 6) is 0. The van der Waals surface area contributed by atoms with E-state index in [0.29, 0.717) is 5.69 Å². The molecule has 0 N–H and O–H groups in total. The molecule has 0 unspecified atom stereocenters. The SMILES string of the molecule is CCn1cc(N=C=O)c2ccccc21. The van der Waals surface area contributed by atoms with Gasteiger partial charge in [0.2, 0.25) is 6.08 Å². The predicted molar refractivity (Wildman–Crippen MR) is 55.4 cm³/mol. The molecule has 0 aliphatic carbocycles. The highest BCUT2D eigenvalue weighted by Gasteiger charge is 2.04. The molecule has 2 rings (SSSR count). The lowest BCUT2D eigenvalue weighted by Crippen LogP contribution is -1.89. The van der Waals surface area contributed by atoms with Crippen molar-refractivity contribution >= 4 is 22.7 Å². The number of benzene rings is 1. The van der Waals surface area contributed by atoms with E-state index in [9.17, 15) is 4.79 Å². The van der Waals surface area contributed by atoms with E-state index < -0.39 is 0 Å². The van der Waals surface area contributed by atoms with E-state index in [1.165, 1.54) is 0 Å². The number of para-hydroxylation sites is 1. The molecule has 0 amide bonds. The molecule has 14 heavy (non-hydrogen) atoms. The van der Waals surface area contributed by atoms with Crippen LogP contribution in [0, 0.1) is 0 Å². The molecule has 2 aromatic rings. The van der Waals surface area contributed by atoms with Crippen molar-refractivity contribution in [2.75, 3.05) is 0 Å². The second kappa shape index (κ2) is 3.48. The number of nitrogens with zero attached hydrogens (tertiary/aromatic N) is 2. The molecule has 1 heterocycles. The number of isocyanates is 1. The van der Waals surface area contributed by atoms with Gasteiger partial charge in [-0.25, -0.2) is 4.79 Å². The van der Waals surface area contributed by atoms with E-state index in [-0.39, 0.29) is 0 Å². The molecule has 1 aromatic carbocycles. The second-order valence-electron chi connectivity index (χ2n) is 3.02. The largest absolute Gasteiger partial charge is 0.345 e. The monoisotopic (exact) mass is 186 g/mol. The normalized spacial score (nSPS) is 10.1. The zero-order valence-electron chi connectivity index (χ0n) is 7.90. The zero-order chi connectivity index (χ0) is 9.97. The second-order valence-corrected chi connectivity index (χ2v) is 3.02. The Balaban J connectivity index is 2.79. The van der Waals surface area contributed by atoms with Crippen molar-refractivity contribution in [1.29, 1.82) is 0 Å². The molecule has 0 spiro atoms. The molecule has 0 saturated heterocycles. The topological polar surface area (TPSA) is 34.4 Å². The first-order valence-corrected chi connectivity index (χ1v) is 4.52. The molecule has 0 radical (unpaired) electrons. The van der Waals surface area contributed by atoms with E-state index in [2.05, 4.69) is 16.5 Å². The number of rotatable bonds is 2. The summed E-state index contributed by atoms with van der Waals surface area (Å²) in [7, 11) is 0. The van der Waals surface area contributed by atoms with Gasteiger partial charge < -0.3 is 4.57 Å². The van der Waals surface area contributed by atoms with Crippen LogP contribution >= 0.6 is 0 Å². The molecular formula is C11H10N2O. The van der Waals surface area contributed by atoms with Gasteiger partial charge in [0.05, 0.1) is 5.52 Å². The van der Waals surface area contributed by atoms with Crippen LogP contribution in [0.3, 0.4) is 0 Å². The van der Waals surface area contributed by atoms with Crippen molar-refractivity contribution in [1.82, 2.24) is 4.57 Å². The molecule has 3 nitrogen and oxygen atoms in total. The van der Waals surface area contributed by atoms with E-state index in [1.54, 1.807) is 6.08 Å². The van der Waals surface area contributed by atoms with Crippen molar-refractivity contribution < 1.29 is 4.79 Å². The van der Waals surface area contributed by atoms with Crippen molar-refractivity contribution in [3.63, 3.8) is 0 Å². The first kappa shape index (κ1) is 8.73. The third-order valence-electron chi connectivity index (χ3n) is 2.27. The molecule has 0 aliphatic heterocycles. The Labute approximate surface area is 81.7 Å². The van der Waals surface area contributed by atoms with E-state index in [4.69, 9.17) is 0 Å². The van der Waals surface area contributed by atoms with E-state index in [0.717, 1.165) is 17.4 Å². The fourth-order valence-corrected chi connectivity index (χ4v) is 1.63. The van der Waals surface area contributed by atoms with Gasteiger partial charge in [-0.05, 0) is 13.0 Å². The molecule has 3 heteroatoms. The number of aryl methyl sites for hydroxylation is 1. The van der Waals surface area contributed by atoms with E-state index >= 15 is 0 Å². The van der Waals surface area contributed by atoms with Gasteiger partial charge in [-0.3, -0.25) is 0 Å². The van der Waals surface area contributed by atoms with Crippen LogP contribution in [0.1, 0.15) is 6.92 Å². The summed E-state index contributed by atoms with van der Waals surface area (Å²) in [6.07, 6.45) is 3.45. The fourth-order valence-electron chi connectivity index (χ4n) is 1.63. The van der Waals surface area contributed by atoms with Crippen LogP contribution in [-0.4, -0.2) is 10.6 Å². The van der Waals surface area contributed by atoms with Crippen LogP contribution in [-0.2, 0) is 11.3 Å². The van der Waals surface area contributed by atoms with Crippen LogP contribution < -0.4 is 0 Å². The minimum atomic E-state index is 0.692. The zero-order valence-corrected chi connectivity index (χ0v) is 7.90. The molecule has 1 aromatic heterocycles. The Morgan fingerprint density at radius 3 is 2.93 bits per heavy atom. The van der Waals surface area contributed by atoms with Crippen LogP contribution in [0.15, 0.2) is 35.5 Å². The minimum absolute atomic E-state index is 0.692. The first-order chi connectivity index (χ1) is 6.86. The maximum absolute atomic E-state index is 10.2. The van der Waals surface area contributed by atoms with Gasteiger partial charge in [0, 0.05) is 18.1 Å². The van der Waals surface area contributed by atoms with Crippen LogP contribution in [0.25, 0.3) is 10.9 Å². The molecule has 0 saturated carbocycles. The Morgan fingerprint density at radius 2 is 2.21 bits per heavy atom. The maximum Gasteiger partial charge on any atom is 0.240 e. The maximum atomic E-state index is 10.2. The molecule has 0 aliphatic rings. The number of hydrogen-bond acceptors (Lipinski definition) is 2. The highest BCUT2D eigenvalue weighted by atomic mass is 16.1. The number of fused-ring (bicyclic) bond motifs is 1. The van der Waals surface area contributed by atoms with Crippen molar-refractivity contribution in [2.45, 2.75) is 13.5 Å². The summed E-state index contributed by atoms with van der Waals surface area (Å²) in [4.78, 5) is 13.9. The summed E-state index contributed by atoms with van der Waals surface area (Å²) in [6, 6.07) is 7.88. The van der Waals surface area contributed by atoms with Gasteiger partial charge in [0.25, 0.3) is 0 Å².